The first kappa shape index (κ1) is 15.8. The fourth-order valence-corrected chi connectivity index (χ4v) is 3.56. The zero-order valence-corrected chi connectivity index (χ0v) is 13.2. The molecule has 0 aromatic rings. The molecule has 0 amide bonds. The van der Waals surface area contributed by atoms with Crippen molar-refractivity contribution in [2.24, 2.45) is 17.3 Å². The van der Waals surface area contributed by atoms with Gasteiger partial charge in [-0.15, -0.1) is 0 Å². The van der Waals surface area contributed by atoms with Crippen LogP contribution in [0.4, 0.5) is 0 Å². The predicted molar refractivity (Wildman–Crippen MR) is 79.6 cm³/mol. The number of fused-ring (bicyclic) bond motifs is 1. The molecule has 1 saturated carbocycles. The third-order valence-electron chi connectivity index (χ3n) is 4.80. The van der Waals surface area contributed by atoms with Crippen molar-refractivity contribution in [1.29, 1.82) is 0 Å². The predicted octanol–water partition coefficient (Wildman–Crippen LogP) is 3.33. The molecule has 4 heteroatoms. The Labute approximate surface area is 125 Å². The van der Waals surface area contributed by atoms with Gasteiger partial charge < -0.3 is 9.84 Å². The first-order chi connectivity index (χ1) is 9.73. The van der Waals surface area contributed by atoms with Gasteiger partial charge in [0.2, 0.25) is 0 Å². The molecule has 1 N–H and O–H groups in total. The summed E-state index contributed by atoms with van der Waals surface area (Å²) >= 11 is 0. The van der Waals surface area contributed by atoms with Crippen molar-refractivity contribution < 1.29 is 19.4 Å². The monoisotopic (exact) mass is 292 g/mol. The average Bonchev–Trinajstić information content (AvgIpc) is 2.88. The van der Waals surface area contributed by atoms with E-state index in [-0.39, 0.29) is 29.3 Å². The Morgan fingerprint density at radius 3 is 2.62 bits per heavy atom. The van der Waals surface area contributed by atoms with Crippen molar-refractivity contribution >= 4 is 11.9 Å². The highest BCUT2D eigenvalue weighted by Gasteiger charge is 2.61. The van der Waals surface area contributed by atoms with Gasteiger partial charge >= 0.3 is 11.9 Å². The topological polar surface area (TPSA) is 63.6 Å². The van der Waals surface area contributed by atoms with E-state index in [1.807, 2.05) is 13.0 Å². The van der Waals surface area contributed by atoms with Gasteiger partial charge in [-0.2, -0.15) is 0 Å². The summed E-state index contributed by atoms with van der Waals surface area (Å²) in [6.07, 6.45) is 5.79. The van der Waals surface area contributed by atoms with E-state index in [0.717, 1.165) is 12.0 Å². The van der Waals surface area contributed by atoms with Gasteiger partial charge in [-0.05, 0) is 31.1 Å². The van der Waals surface area contributed by atoms with Crippen molar-refractivity contribution in [3.63, 3.8) is 0 Å². The van der Waals surface area contributed by atoms with Crippen molar-refractivity contribution in [1.82, 2.24) is 0 Å². The Morgan fingerprint density at radius 2 is 2.05 bits per heavy atom. The lowest BCUT2D eigenvalue weighted by molar-refractivity contribution is -0.147. The maximum absolute atomic E-state index is 11.4. The minimum Gasteiger partial charge on any atom is -0.478 e. The molecule has 0 bridgehead atoms. The van der Waals surface area contributed by atoms with Gasteiger partial charge in [0.1, 0.15) is 6.10 Å². The van der Waals surface area contributed by atoms with E-state index in [0.29, 0.717) is 18.4 Å². The number of carboxylic acid groups (broad SMARTS) is 1. The van der Waals surface area contributed by atoms with Crippen LogP contribution in [0.5, 0.6) is 0 Å². The summed E-state index contributed by atoms with van der Waals surface area (Å²) in [5.74, 6) is -0.753. The molecular weight excluding hydrogens is 268 g/mol. The summed E-state index contributed by atoms with van der Waals surface area (Å²) < 4.78 is 5.52. The number of ether oxygens (including phenoxy) is 1. The molecule has 0 heterocycles. The van der Waals surface area contributed by atoms with Crippen molar-refractivity contribution in [2.45, 2.75) is 53.1 Å². The van der Waals surface area contributed by atoms with E-state index in [1.54, 1.807) is 0 Å². The van der Waals surface area contributed by atoms with E-state index in [9.17, 15) is 14.7 Å². The molecule has 0 spiro atoms. The Bertz CT molecular complexity index is 513. The lowest BCUT2D eigenvalue weighted by Gasteiger charge is -2.19. The number of rotatable bonds is 2. The standard InChI is InChI=1S/C17H24O4/c1-10-6-5-7-12(16(19)20)9-13-15(17(13,3)4)14(8-10)21-11(2)18/h6,9,13-15H,5,7-8H2,1-4H3,(H,19,20)/b10-6+,12-9-/t13-,14+,15-/m1/s1. The second-order valence-electron chi connectivity index (χ2n) is 6.81. The summed E-state index contributed by atoms with van der Waals surface area (Å²) in [7, 11) is 0. The molecule has 0 aromatic heterocycles. The number of hydrogen-bond acceptors (Lipinski definition) is 3. The van der Waals surface area contributed by atoms with Gasteiger partial charge in [-0.1, -0.05) is 31.6 Å². The van der Waals surface area contributed by atoms with Crippen molar-refractivity contribution in [3.05, 3.63) is 23.3 Å². The molecule has 0 aromatic carbocycles. The van der Waals surface area contributed by atoms with Crippen molar-refractivity contribution in [2.75, 3.05) is 0 Å². The molecule has 116 valence electrons. The van der Waals surface area contributed by atoms with Crippen LogP contribution in [0.1, 0.15) is 47.0 Å². The quantitative estimate of drug-likeness (QED) is 0.626. The highest BCUT2D eigenvalue weighted by atomic mass is 16.5. The zero-order valence-electron chi connectivity index (χ0n) is 13.2. The Balaban J connectivity index is 2.33. The minimum atomic E-state index is -0.841. The number of carbonyl (C=O) groups is 2. The molecule has 3 atom stereocenters. The molecule has 21 heavy (non-hydrogen) atoms. The van der Waals surface area contributed by atoms with Gasteiger partial charge in [0.05, 0.1) is 0 Å². The van der Waals surface area contributed by atoms with Gasteiger partial charge in [0.25, 0.3) is 0 Å². The van der Waals surface area contributed by atoms with E-state index >= 15 is 0 Å². The lowest BCUT2D eigenvalue weighted by atomic mass is 9.98. The van der Waals surface area contributed by atoms with Crippen LogP contribution in [0.25, 0.3) is 0 Å². The summed E-state index contributed by atoms with van der Waals surface area (Å²) in [6.45, 7) is 7.69. The first-order valence-electron chi connectivity index (χ1n) is 7.50. The SMILES string of the molecule is CC(=O)O[C@H]1C/C(C)=C/CC/C(C(=O)O)=C/[C@@H]2[C@H]1C2(C)C. The minimum absolute atomic E-state index is 0.0224. The largest absolute Gasteiger partial charge is 0.478 e. The highest BCUT2D eigenvalue weighted by Crippen LogP contribution is 2.62. The van der Waals surface area contributed by atoms with Crippen LogP contribution in [0.15, 0.2) is 23.3 Å². The Morgan fingerprint density at radius 1 is 1.38 bits per heavy atom. The maximum Gasteiger partial charge on any atom is 0.331 e. The van der Waals surface area contributed by atoms with E-state index in [1.165, 1.54) is 6.92 Å². The van der Waals surface area contributed by atoms with E-state index in [2.05, 4.69) is 19.9 Å². The molecule has 0 saturated heterocycles. The fourth-order valence-electron chi connectivity index (χ4n) is 3.56. The third kappa shape index (κ3) is 3.36. The molecule has 1 fully saturated rings. The third-order valence-corrected chi connectivity index (χ3v) is 4.80. The average molecular weight is 292 g/mol. The molecule has 2 aliphatic carbocycles. The molecular formula is C17H24O4. The molecule has 0 radical (unpaired) electrons. The normalized spacial score (nSPS) is 36.3. The van der Waals surface area contributed by atoms with Gasteiger partial charge in [-0.25, -0.2) is 4.79 Å². The second-order valence-corrected chi connectivity index (χ2v) is 6.81. The fraction of sp³-hybridized carbons (Fsp3) is 0.647. The number of allylic oxidation sites excluding steroid dienone is 2. The van der Waals surface area contributed by atoms with Crippen LogP contribution in [0, 0.1) is 17.3 Å². The first-order valence-corrected chi connectivity index (χ1v) is 7.50. The van der Waals surface area contributed by atoms with Crippen molar-refractivity contribution in [3.8, 4) is 0 Å². The highest BCUT2D eigenvalue weighted by molar-refractivity contribution is 5.86. The lowest BCUT2D eigenvalue weighted by Crippen LogP contribution is -2.22. The van der Waals surface area contributed by atoms with Crippen LogP contribution < -0.4 is 0 Å². The molecule has 0 unspecified atom stereocenters. The summed E-state index contributed by atoms with van der Waals surface area (Å²) in [4.78, 5) is 22.7. The molecule has 2 rings (SSSR count). The van der Waals surface area contributed by atoms with Crippen LogP contribution in [0.2, 0.25) is 0 Å². The summed E-state index contributed by atoms with van der Waals surface area (Å²) in [5.41, 5.74) is 1.61. The van der Waals surface area contributed by atoms with E-state index in [4.69, 9.17) is 4.74 Å². The molecule has 2 aliphatic rings. The van der Waals surface area contributed by atoms with Crippen LogP contribution >= 0.6 is 0 Å². The number of carbonyl (C=O) groups excluding carboxylic acids is 1. The van der Waals surface area contributed by atoms with Gasteiger partial charge in [0.15, 0.2) is 0 Å². The number of hydrogen-bond donors (Lipinski definition) is 1. The van der Waals surface area contributed by atoms with Crippen LogP contribution in [-0.2, 0) is 14.3 Å². The summed E-state index contributed by atoms with van der Waals surface area (Å²) in [6, 6.07) is 0. The Hall–Kier alpha value is -1.58. The van der Waals surface area contributed by atoms with Crippen LogP contribution in [0.3, 0.4) is 0 Å². The number of aliphatic carboxylic acids is 1. The molecule has 0 aliphatic heterocycles. The van der Waals surface area contributed by atoms with Gasteiger partial charge in [-0.3, -0.25) is 4.79 Å². The Kier molecular flexibility index (Phi) is 4.26. The summed E-state index contributed by atoms with van der Waals surface area (Å²) in [5, 5.41) is 9.33. The zero-order chi connectivity index (χ0) is 15.8. The molecule has 4 nitrogen and oxygen atoms in total. The number of esters is 1. The van der Waals surface area contributed by atoms with Gasteiger partial charge in [0, 0.05) is 24.8 Å². The maximum atomic E-state index is 11.4. The second kappa shape index (κ2) is 5.66. The van der Waals surface area contributed by atoms with E-state index < -0.39 is 5.97 Å². The van der Waals surface area contributed by atoms with Crippen LogP contribution in [-0.4, -0.2) is 23.1 Å². The smallest absolute Gasteiger partial charge is 0.331 e. The number of carboxylic acids is 1.